The standard InChI is InChI=1S/C29H34N6O8S/c1-17-11-23-19(12-21(17)25(36)30-7-9-34(2)10-8-31-44(4,40)41)13-24(43-23)29(27(38)32-28(39)33-29)16-35-15-18-5-6-20(42-3)14-22(18)26(35)37/h5-6,11-14,31H,7-10,15-16H2,1-4H3,(H,30,36)(H2,32,33,38,39). The van der Waals surface area contributed by atoms with Crippen LogP contribution in [0.15, 0.2) is 40.8 Å². The molecular formula is C29H34N6O8S. The van der Waals surface area contributed by atoms with E-state index in [9.17, 15) is 27.6 Å². The van der Waals surface area contributed by atoms with Gasteiger partial charge in [0.25, 0.3) is 17.7 Å². The molecule has 2 aromatic carbocycles. The average molecular weight is 627 g/mol. The van der Waals surface area contributed by atoms with E-state index in [0.717, 1.165) is 11.8 Å². The van der Waals surface area contributed by atoms with Gasteiger partial charge in [0.15, 0.2) is 5.54 Å². The van der Waals surface area contributed by atoms with Gasteiger partial charge in [-0.05, 0) is 55.4 Å². The number of fused-ring (bicyclic) bond motifs is 2. The minimum atomic E-state index is -3.27. The van der Waals surface area contributed by atoms with Gasteiger partial charge in [-0.3, -0.25) is 19.7 Å². The van der Waals surface area contributed by atoms with Crippen LogP contribution in [0.5, 0.6) is 5.75 Å². The third-order valence-electron chi connectivity index (χ3n) is 7.73. The second kappa shape index (κ2) is 11.9. The van der Waals surface area contributed by atoms with Crippen molar-refractivity contribution in [3.8, 4) is 5.75 Å². The number of urea groups is 1. The highest BCUT2D eigenvalue weighted by Gasteiger charge is 2.53. The van der Waals surface area contributed by atoms with Gasteiger partial charge in [-0.15, -0.1) is 0 Å². The largest absolute Gasteiger partial charge is 0.497 e. The molecule has 15 heteroatoms. The topological polar surface area (TPSA) is 179 Å². The number of likely N-dealkylation sites (N-methyl/N-ethyl adjacent to an activating group) is 1. The molecule has 0 spiro atoms. The predicted molar refractivity (Wildman–Crippen MR) is 160 cm³/mol. The van der Waals surface area contributed by atoms with E-state index in [1.807, 2.05) is 11.9 Å². The number of rotatable bonds is 12. The number of hydrogen-bond acceptors (Lipinski definition) is 9. The van der Waals surface area contributed by atoms with Gasteiger partial charge in [0.1, 0.15) is 17.1 Å². The highest BCUT2D eigenvalue weighted by Crippen LogP contribution is 2.35. The molecule has 1 atom stereocenters. The van der Waals surface area contributed by atoms with E-state index in [1.165, 1.54) is 12.0 Å². The van der Waals surface area contributed by atoms with Crippen molar-refractivity contribution in [3.63, 3.8) is 0 Å². The number of nitrogens with zero attached hydrogens (tertiary/aromatic N) is 2. The van der Waals surface area contributed by atoms with Crippen LogP contribution in [0.25, 0.3) is 11.0 Å². The maximum atomic E-state index is 13.3. The summed E-state index contributed by atoms with van der Waals surface area (Å²) in [6.07, 6.45) is 1.10. The van der Waals surface area contributed by atoms with Crippen molar-refractivity contribution in [2.24, 2.45) is 0 Å². The summed E-state index contributed by atoms with van der Waals surface area (Å²) in [6.45, 7) is 3.37. The molecule has 0 saturated carbocycles. The molecule has 234 valence electrons. The quantitative estimate of drug-likeness (QED) is 0.210. The van der Waals surface area contributed by atoms with Crippen molar-refractivity contribution in [2.75, 3.05) is 53.1 Å². The molecule has 5 rings (SSSR count). The summed E-state index contributed by atoms with van der Waals surface area (Å²) in [6, 6.07) is 9.40. The first kappa shape index (κ1) is 31.0. The Hall–Kier alpha value is -4.47. The van der Waals surface area contributed by atoms with Crippen LogP contribution >= 0.6 is 0 Å². The Bertz CT molecular complexity index is 1770. The molecule has 1 unspecified atom stereocenters. The maximum absolute atomic E-state index is 13.3. The number of methoxy groups -OCH3 is 1. The second-order valence-corrected chi connectivity index (χ2v) is 12.9. The van der Waals surface area contributed by atoms with E-state index in [1.54, 1.807) is 43.3 Å². The van der Waals surface area contributed by atoms with Gasteiger partial charge in [0.2, 0.25) is 10.0 Å². The zero-order valence-electron chi connectivity index (χ0n) is 24.8. The number of benzene rings is 2. The van der Waals surface area contributed by atoms with Gasteiger partial charge >= 0.3 is 6.03 Å². The van der Waals surface area contributed by atoms with Crippen molar-refractivity contribution in [1.29, 1.82) is 0 Å². The molecular weight excluding hydrogens is 592 g/mol. The summed E-state index contributed by atoms with van der Waals surface area (Å²) < 4.78 is 36.2. The minimum Gasteiger partial charge on any atom is -0.497 e. The summed E-state index contributed by atoms with van der Waals surface area (Å²) in [5, 5.41) is 8.34. The number of amides is 5. The van der Waals surface area contributed by atoms with Crippen LogP contribution in [0.4, 0.5) is 4.79 Å². The van der Waals surface area contributed by atoms with E-state index in [0.29, 0.717) is 53.0 Å². The number of carbonyl (C=O) groups is 4. The Morgan fingerprint density at radius 1 is 1.14 bits per heavy atom. The summed E-state index contributed by atoms with van der Waals surface area (Å²) in [5.74, 6) is -0.628. The maximum Gasteiger partial charge on any atom is 0.322 e. The molecule has 44 heavy (non-hydrogen) atoms. The molecule has 2 aliphatic heterocycles. The summed E-state index contributed by atoms with van der Waals surface area (Å²) in [5.41, 5.74) is 0.973. The van der Waals surface area contributed by atoms with Crippen LogP contribution in [-0.2, 0) is 26.9 Å². The van der Waals surface area contributed by atoms with Crippen LogP contribution in [0.1, 0.15) is 37.6 Å². The molecule has 5 amide bonds. The smallest absolute Gasteiger partial charge is 0.322 e. The average Bonchev–Trinajstić information content (AvgIpc) is 3.60. The van der Waals surface area contributed by atoms with E-state index in [2.05, 4.69) is 20.7 Å². The zero-order chi connectivity index (χ0) is 31.8. The molecule has 14 nitrogen and oxygen atoms in total. The van der Waals surface area contributed by atoms with Crippen molar-refractivity contribution in [3.05, 3.63) is 64.4 Å². The van der Waals surface area contributed by atoms with Crippen LogP contribution in [0.3, 0.4) is 0 Å². The number of ether oxygens (including phenoxy) is 1. The monoisotopic (exact) mass is 626 g/mol. The number of nitrogens with one attached hydrogen (secondary N) is 4. The summed E-state index contributed by atoms with van der Waals surface area (Å²) in [7, 11) is 0.0605. The van der Waals surface area contributed by atoms with E-state index >= 15 is 0 Å². The first-order valence-corrected chi connectivity index (χ1v) is 15.7. The fourth-order valence-corrected chi connectivity index (χ4v) is 5.83. The second-order valence-electron chi connectivity index (χ2n) is 11.0. The number of aryl methyl sites for hydroxylation is 1. The molecule has 0 bridgehead atoms. The highest BCUT2D eigenvalue weighted by molar-refractivity contribution is 7.88. The Morgan fingerprint density at radius 2 is 1.89 bits per heavy atom. The molecule has 2 aliphatic rings. The first-order valence-electron chi connectivity index (χ1n) is 13.9. The number of carbonyl (C=O) groups excluding carboxylic acids is 4. The van der Waals surface area contributed by atoms with E-state index in [4.69, 9.17) is 9.15 Å². The Kier molecular flexibility index (Phi) is 8.38. The molecule has 1 fully saturated rings. The van der Waals surface area contributed by atoms with Crippen LogP contribution < -0.4 is 25.4 Å². The van der Waals surface area contributed by atoms with Gasteiger partial charge in [-0.25, -0.2) is 17.9 Å². The first-order chi connectivity index (χ1) is 20.8. The van der Waals surface area contributed by atoms with Gasteiger partial charge in [-0.1, -0.05) is 6.07 Å². The number of furan rings is 1. The van der Waals surface area contributed by atoms with Crippen molar-refractivity contribution < 1.29 is 36.7 Å². The lowest BCUT2D eigenvalue weighted by molar-refractivity contribution is -0.125. The van der Waals surface area contributed by atoms with Crippen molar-refractivity contribution in [1.82, 2.24) is 30.5 Å². The molecule has 1 aromatic heterocycles. The van der Waals surface area contributed by atoms with E-state index in [-0.39, 0.29) is 37.2 Å². The van der Waals surface area contributed by atoms with Crippen molar-refractivity contribution >= 4 is 44.7 Å². The molecule has 3 heterocycles. The lowest BCUT2D eigenvalue weighted by Crippen LogP contribution is -2.52. The van der Waals surface area contributed by atoms with Crippen LogP contribution in [0, 0.1) is 6.92 Å². The lowest BCUT2D eigenvalue weighted by atomic mass is 9.95. The Morgan fingerprint density at radius 3 is 2.57 bits per heavy atom. The third kappa shape index (κ3) is 6.25. The third-order valence-corrected chi connectivity index (χ3v) is 8.46. The van der Waals surface area contributed by atoms with Crippen LogP contribution in [-0.4, -0.2) is 95.1 Å². The summed E-state index contributed by atoms with van der Waals surface area (Å²) in [4.78, 5) is 55.3. The molecule has 3 aromatic rings. The molecule has 4 N–H and O–H groups in total. The molecule has 0 aliphatic carbocycles. The molecule has 1 saturated heterocycles. The van der Waals surface area contributed by atoms with Crippen LogP contribution in [0.2, 0.25) is 0 Å². The minimum absolute atomic E-state index is 0.124. The molecule has 0 radical (unpaired) electrons. The lowest BCUT2D eigenvalue weighted by Gasteiger charge is -2.29. The summed E-state index contributed by atoms with van der Waals surface area (Å²) >= 11 is 0. The fraction of sp³-hybridized carbons (Fsp3) is 0.379. The van der Waals surface area contributed by atoms with E-state index < -0.39 is 27.5 Å². The van der Waals surface area contributed by atoms with Gasteiger partial charge in [0, 0.05) is 49.2 Å². The Balaban J connectivity index is 1.33. The van der Waals surface area contributed by atoms with Gasteiger partial charge in [-0.2, -0.15) is 0 Å². The number of hydrogen-bond donors (Lipinski definition) is 4. The normalized spacial score (nSPS) is 18.1. The Labute approximate surface area is 254 Å². The fourth-order valence-electron chi connectivity index (χ4n) is 5.37. The van der Waals surface area contributed by atoms with Gasteiger partial charge in [0.05, 0.1) is 19.9 Å². The SMILES string of the molecule is COc1ccc2c(c1)C(=O)N(CC1(c3cc4cc(C(=O)NCCN(C)CCNS(C)(=O)=O)c(C)cc4o3)NC(=O)NC1=O)C2. The van der Waals surface area contributed by atoms with Crippen molar-refractivity contribution in [2.45, 2.75) is 19.0 Å². The number of sulfonamides is 1. The number of imide groups is 1. The van der Waals surface area contributed by atoms with Gasteiger partial charge < -0.3 is 29.6 Å². The predicted octanol–water partition coefficient (Wildman–Crippen LogP) is 0.651. The highest BCUT2D eigenvalue weighted by atomic mass is 32.2. The zero-order valence-corrected chi connectivity index (χ0v) is 25.6.